The number of hydrogen-bond donors (Lipinski definition) is 1. The summed E-state index contributed by atoms with van der Waals surface area (Å²) in [4.78, 5) is 2.33. The van der Waals surface area contributed by atoms with Crippen molar-refractivity contribution in [3.8, 4) is 34.0 Å². The monoisotopic (exact) mass is 553 g/mol. The summed E-state index contributed by atoms with van der Waals surface area (Å²) in [5.41, 5.74) is 0.407. The topological polar surface area (TPSA) is 84.3 Å². The summed E-state index contributed by atoms with van der Waals surface area (Å²) < 4.78 is 36.6. The highest BCUT2D eigenvalue weighted by molar-refractivity contribution is 6.61. The minimum Gasteiger partial charge on any atom is -0.507 e. The number of aromatic hydroxyl groups is 1. The van der Waals surface area contributed by atoms with Gasteiger partial charge < -0.3 is 14.7 Å². The number of phenolic OH excluding ortho intramolecular Hbond substituents is 1. The van der Waals surface area contributed by atoms with Crippen molar-refractivity contribution in [1.82, 2.24) is 20.4 Å². The number of halogens is 2. The van der Waals surface area contributed by atoms with E-state index in [1.165, 1.54) is 37.6 Å². The van der Waals surface area contributed by atoms with Crippen LogP contribution in [0.15, 0.2) is 30.5 Å². The first-order valence-electron chi connectivity index (χ1n) is 14.3. The van der Waals surface area contributed by atoms with Crippen molar-refractivity contribution in [1.29, 1.82) is 0 Å². The zero-order chi connectivity index (χ0) is 30.0. The van der Waals surface area contributed by atoms with Gasteiger partial charge in [0.15, 0.2) is 11.6 Å². The second-order valence-electron chi connectivity index (χ2n) is 14.6. The molecule has 0 spiro atoms. The van der Waals surface area contributed by atoms with Crippen LogP contribution in [0.25, 0.3) is 22.4 Å². The molecule has 0 amide bonds. The van der Waals surface area contributed by atoms with Crippen LogP contribution in [0.3, 0.4) is 0 Å². The summed E-state index contributed by atoms with van der Waals surface area (Å²) in [5, 5.41) is 26.6. The second-order valence-corrected chi connectivity index (χ2v) is 14.6. The summed E-state index contributed by atoms with van der Waals surface area (Å²) in [5.74, 6) is -1.94. The van der Waals surface area contributed by atoms with E-state index in [0.717, 1.165) is 12.8 Å². The van der Waals surface area contributed by atoms with Crippen LogP contribution >= 0.6 is 0 Å². The molecule has 2 saturated carbocycles. The van der Waals surface area contributed by atoms with E-state index in [9.17, 15) is 5.11 Å². The molecule has 3 atom stereocenters. The van der Waals surface area contributed by atoms with Gasteiger partial charge >= 0.3 is 0 Å². The lowest BCUT2D eigenvalue weighted by Crippen LogP contribution is -2.58. The average Bonchev–Trinajstić information content (AvgIpc) is 3.07. The van der Waals surface area contributed by atoms with Crippen LogP contribution in [-0.2, 0) is 0 Å². The smallest absolute Gasteiger partial charge is 0.232 e. The lowest BCUT2D eigenvalue weighted by atomic mass is 9.47. The van der Waals surface area contributed by atoms with Gasteiger partial charge in [0.05, 0.1) is 17.5 Å². The molecule has 5 rings (SSSR count). The van der Waals surface area contributed by atoms with Gasteiger partial charge in [0.1, 0.15) is 58.6 Å². The van der Waals surface area contributed by atoms with E-state index < -0.39 is 22.7 Å². The highest BCUT2D eigenvalue weighted by Crippen LogP contribution is 2.59. The number of fused-ring (bicyclic) bond motifs is 2. The van der Waals surface area contributed by atoms with Crippen LogP contribution in [0.2, 0.25) is 0 Å². The van der Waals surface area contributed by atoms with Crippen molar-refractivity contribution in [2.24, 2.45) is 10.8 Å². The fourth-order valence-corrected chi connectivity index (χ4v) is 7.14. The van der Waals surface area contributed by atoms with Crippen LogP contribution in [0, 0.1) is 22.5 Å². The molecular weight excluding hydrogens is 517 g/mol. The Balaban J connectivity index is 1.47. The quantitative estimate of drug-likeness (QED) is 0.383. The lowest BCUT2D eigenvalue weighted by Gasteiger charge is -2.50. The van der Waals surface area contributed by atoms with E-state index in [1.54, 1.807) is 12.1 Å². The molecule has 41 heavy (non-hydrogen) atoms. The molecule has 3 aromatic rings. The van der Waals surface area contributed by atoms with Gasteiger partial charge in [0, 0.05) is 28.5 Å². The third kappa shape index (κ3) is 6.00. The van der Waals surface area contributed by atoms with Gasteiger partial charge in [-0.05, 0) is 66.4 Å². The van der Waals surface area contributed by atoms with E-state index >= 15 is 8.78 Å². The van der Waals surface area contributed by atoms with Crippen LogP contribution in [-0.4, -0.2) is 89.2 Å². The molecule has 0 saturated heterocycles. The Labute approximate surface area is 246 Å². The van der Waals surface area contributed by atoms with Crippen molar-refractivity contribution in [3.63, 3.8) is 0 Å². The van der Waals surface area contributed by atoms with Gasteiger partial charge in [-0.3, -0.25) is 0 Å². The normalized spacial score (nSPS) is 24.2. The Bertz CT molecular complexity index is 1450. The predicted molar refractivity (Wildman–Crippen MR) is 173 cm³/mol. The average molecular weight is 552 g/mol. The summed E-state index contributed by atoms with van der Waals surface area (Å²) in [7, 11) is 12.0. The molecule has 2 heterocycles. The molecule has 1 aromatic carbocycles. The first kappa shape index (κ1) is 29.5. The first-order chi connectivity index (χ1) is 19.0. The van der Waals surface area contributed by atoms with E-state index in [-0.39, 0.29) is 33.5 Å². The highest BCUT2D eigenvalue weighted by atomic mass is 19.2. The number of aromatic nitrogens is 4. The zero-order valence-corrected chi connectivity index (χ0v) is 25.3. The maximum absolute atomic E-state index is 15.5. The molecule has 2 bridgehead atoms. The van der Waals surface area contributed by atoms with Crippen LogP contribution < -0.4 is 9.64 Å². The summed E-state index contributed by atoms with van der Waals surface area (Å²) in [6, 6.07) is 6.32. The molecular formula is C26H35B6F2N5O2. The van der Waals surface area contributed by atoms with Crippen molar-refractivity contribution in [3.05, 3.63) is 42.1 Å². The Morgan fingerprint density at radius 2 is 1.61 bits per heavy atom. The van der Waals surface area contributed by atoms with Gasteiger partial charge in [-0.25, -0.2) is 8.78 Å². The molecule has 1 N–H and O–H groups in total. The minimum absolute atomic E-state index is 0.0512. The number of ether oxygens (including phenoxy) is 1. The van der Waals surface area contributed by atoms with Crippen molar-refractivity contribution in [2.75, 3.05) is 4.90 Å². The SMILES string of the molecule is BC(B)(B)Oc1cc(-c2cc(O)c(-c3ccc(N([C@H]4C[C@]5(C)CC[C@](C)(C4)C5)C(B)(B)B)nn3)c(F)c2F)cnn1. The van der Waals surface area contributed by atoms with Gasteiger partial charge in [0.25, 0.3) is 0 Å². The Kier molecular flexibility index (Phi) is 7.26. The molecule has 7 nitrogen and oxygen atoms in total. The number of nitrogens with zero attached hydrogens (tertiary/aromatic N) is 5. The van der Waals surface area contributed by atoms with Crippen LogP contribution in [0.4, 0.5) is 14.6 Å². The fourth-order valence-electron chi connectivity index (χ4n) is 7.14. The molecule has 0 aliphatic heterocycles. The number of anilines is 1. The molecule has 208 valence electrons. The maximum Gasteiger partial charge on any atom is 0.232 e. The highest BCUT2D eigenvalue weighted by Gasteiger charge is 2.51. The third-order valence-electron chi connectivity index (χ3n) is 8.42. The first-order valence-corrected chi connectivity index (χ1v) is 14.3. The van der Waals surface area contributed by atoms with E-state index in [4.69, 9.17) is 4.74 Å². The Hall–Kier alpha value is -2.97. The third-order valence-corrected chi connectivity index (χ3v) is 8.42. The van der Waals surface area contributed by atoms with Gasteiger partial charge in [-0.15, -0.1) is 15.3 Å². The molecule has 0 unspecified atom stereocenters. The number of rotatable bonds is 7. The van der Waals surface area contributed by atoms with E-state index in [2.05, 4.69) is 62.7 Å². The van der Waals surface area contributed by atoms with Crippen molar-refractivity contribution < 1.29 is 18.6 Å². The molecule has 2 aromatic heterocycles. The molecule has 2 fully saturated rings. The second kappa shape index (κ2) is 10.1. The molecule has 0 radical (unpaired) electrons. The van der Waals surface area contributed by atoms with Crippen LogP contribution in [0.5, 0.6) is 11.6 Å². The molecule has 2 aliphatic rings. The van der Waals surface area contributed by atoms with Gasteiger partial charge in [-0.2, -0.15) is 5.10 Å². The molecule has 15 heteroatoms. The standard InChI is InChI=1S/C26H35B6F2N5O2/c1-23-5-6-24(2,12-23)10-14(9-23)39(25(27,28)29)18-4-3-16(36-37-18)20-17(40)8-15(21(33)22(20)34)13-7-19(38-35-11-13)41-26(30,31)32/h3-4,7-8,11,14,40H,5-6,9-10,12,27-32H2,1-2H3/t14-,23-,24+. The van der Waals surface area contributed by atoms with Crippen molar-refractivity contribution in [2.45, 2.75) is 62.5 Å². The summed E-state index contributed by atoms with van der Waals surface area (Å²) in [6.07, 6.45) is 7.18. The number of hydrogen-bond acceptors (Lipinski definition) is 7. The van der Waals surface area contributed by atoms with Gasteiger partial charge in [0.2, 0.25) is 5.88 Å². The number of benzene rings is 1. The maximum atomic E-state index is 15.5. The summed E-state index contributed by atoms with van der Waals surface area (Å²) in [6.45, 7) is 4.79. The number of phenols is 1. The Morgan fingerprint density at radius 1 is 0.951 bits per heavy atom. The lowest BCUT2D eigenvalue weighted by molar-refractivity contribution is 0.145. The zero-order valence-electron chi connectivity index (χ0n) is 25.3. The van der Waals surface area contributed by atoms with E-state index in [0.29, 0.717) is 22.7 Å². The van der Waals surface area contributed by atoms with E-state index in [1.807, 2.05) is 23.5 Å². The largest absolute Gasteiger partial charge is 0.507 e. The Morgan fingerprint density at radius 3 is 2.17 bits per heavy atom. The summed E-state index contributed by atoms with van der Waals surface area (Å²) >= 11 is 0. The van der Waals surface area contributed by atoms with Gasteiger partial charge in [-0.1, -0.05) is 13.8 Å². The predicted octanol–water partition coefficient (Wildman–Crippen LogP) is -0.850. The molecule has 2 aliphatic carbocycles. The fraction of sp³-hybridized carbons (Fsp3) is 0.462. The minimum atomic E-state index is -1.21. The van der Waals surface area contributed by atoms with Crippen LogP contribution in [0.1, 0.15) is 46.0 Å². The van der Waals surface area contributed by atoms with Crippen molar-refractivity contribution >= 4 is 52.9 Å².